The summed E-state index contributed by atoms with van der Waals surface area (Å²) < 4.78 is 5.21. The molecule has 2 aromatic rings. The Bertz CT molecular complexity index is 672. The number of hydrogen-bond acceptors (Lipinski definition) is 5. The maximum absolute atomic E-state index is 11.8. The minimum atomic E-state index is -0.343. The number of rotatable bonds is 5. The Morgan fingerprint density at radius 1 is 1.32 bits per heavy atom. The number of esters is 1. The van der Waals surface area contributed by atoms with Crippen molar-refractivity contribution in [3.63, 3.8) is 0 Å². The first-order valence-corrected chi connectivity index (χ1v) is 6.83. The van der Waals surface area contributed by atoms with Gasteiger partial charge in [0.2, 0.25) is 0 Å². The number of thiocarbonyl (C=S) groups is 1. The standard InChI is InChI=1S/C15H14N4O2S/c16-15(22)19-18-9-12-6-7-13(10-17-12)21-14(20)8-11-4-2-1-3-5-11/h1-7,9-10H,8H2,(H3,16,19,22)/b18-9-. The van der Waals surface area contributed by atoms with E-state index >= 15 is 0 Å². The number of carbonyl (C=O) groups is 1. The van der Waals surface area contributed by atoms with Crippen LogP contribution in [0.4, 0.5) is 0 Å². The quantitative estimate of drug-likeness (QED) is 0.375. The van der Waals surface area contributed by atoms with Crippen LogP contribution < -0.4 is 15.9 Å². The number of aromatic nitrogens is 1. The predicted molar refractivity (Wildman–Crippen MR) is 87.5 cm³/mol. The summed E-state index contributed by atoms with van der Waals surface area (Å²) in [6.07, 6.45) is 3.11. The first kappa shape index (κ1) is 15.6. The molecule has 0 aliphatic heterocycles. The summed E-state index contributed by atoms with van der Waals surface area (Å²) >= 11 is 4.61. The lowest BCUT2D eigenvalue weighted by molar-refractivity contribution is -0.133. The minimum absolute atomic E-state index is 0.0720. The maximum Gasteiger partial charge on any atom is 0.315 e. The molecule has 0 fully saturated rings. The van der Waals surface area contributed by atoms with E-state index in [0.717, 1.165) is 5.56 Å². The summed E-state index contributed by atoms with van der Waals surface area (Å²) in [5, 5.41) is 3.85. The van der Waals surface area contributed by atoms with Gasteiger partial charge in [0, 0.05) is 0 Å². The molecule has 2 rings (SSSR count). The molecule has 22 heavy (non-hydrogen) atoms. The van der Waals surface area contributed by atoms with Crippen LogP contribution in [0.2, 0.25) is 0 Å². The van der Waals surface area contributed by atoms with Crippen molar-refractivity contribution in [2.24, 2.45) is 10.8 Å². The Morgan fingerprint density at radius 2 is 2.09 bits per heavy atom. The van der Waals surface area contributed by atoms with Gasteiger partial charge in [-0.2, -0.15) is 5.10 Å². The lowest BCUT2D eigenvalue weighted by atomic mass is 10.2. The third kappa shape index (κ3) is 5.29. The molecule has 0 atom stereocenters. The molecular weight excluding hydrogens is 300 g/mol. The Labute approximate surface area is 133 Å². The second-order valence-corrected chi connectivity index (χ2v) is 4.73. The molecule has 0 radical (unpaired) electrons. The highest BCUT2D eigenvalue weighted by atomic mass is 32.1. The molecule has 0 unspecified atom stereocenters. The van der Waals surface area contributed by atoms with Crippen LogP contribution in [0.15, 0.2) is 53.8 Å². The zero-order chi connectivity index (χ0) is 15.8. The normalized spacial score (nSPS) is 10.4. The van der Waals surface area contributed by atoms with Gasteiger partial charge in [-0.1, -0.05) is 30.3 Å². The molecule has 0 saturated carbocycles. The van der Waals surface area contributed by atoms with Crippen LogP contribution in [0.25, 0.3) is 0 Å². The third-order valence-electron chi connectivity index (χ3n) is 2.55. The third-order valence-corrected chi connectivity index (χ3v) is 2.65. The zero-order valence-electron chi connectivity index (χ0n) is 11.6. The molecule has 1 aromatic heterocycles. The van der Waals surface area contributed by atoms with Crippen molar-refractivity contribution in [1.29, 1.82) is 0 Å². The smallest absolute Gasteiger partial charge is 0.315 e. The topological polar surface area (TPSA) is 89.6 Å². The summed E-state index contributed by atoms with van der Waals surface area (Å²) in [7, 11) is 0. The number of hydrazone groups is 1. The highest BCUT2D eigenvalue weighted by Crippen LogP contribution is 2.10. The van der Waals surface area contributed by atoms with E-state index in [1.807, 2.05) is 30.3 Å². The SMILES string of the molecule is NC(=S)N/N=C\c1ccc(OC(=O)Cc2ccccc2)cn1. The van der Waals surface area contributed by atoms with E-state index in [2.05, 4.69) is 27.7 Å². The Hall–Kier alpha value is -2.80. The van der Waals surface area contributed by atoms with E-state index in [0.29, 0.717) is 11.4 Å². The van der Waals surface area contributed by atoms with Gasteiger partial charge in [0.05, 0.1) is 24.5 Å². The van der Waals surface area contributed by atoms with E-state index in [-0.39, 0.29) is 17.5 Å². The van der Waals surface area contributed by atoms with Crippen molar-refractivity contribution in [3.8, 4) is 5.75 Å². The van der Waals surface area contributed by atoms with Crippen molar-refractivity contribution in [1.82, 2.24) is 10.4 Å². The van der Waals surface area contributed by atoms with Crippen LogP contribution in [-0.4, -0.2) is 22.3 Å². The number of nitrogens with zero attached hydrogens (tertiary/aromatic N) is 2. The molecule has 1 aromatic carbocycles. The first-order chi connectivity index (χ1) is 10.6. The molecule has 112 valence electrons. The number of nitrogens with two attached hydrogens (primary N) is 1. The molecule has 1 heterocycles. The molecule has 0 saturated heterocycles. The molecule has 0 amide bonds. The van der Waals surface area contributed by atoms with Gasteiger partial charge in [-0.15, -0.1) is 0 Å². The highest BCUT2D eigenvalue weighted by Gasteiger charge is 2.06. The first-order valence-electron chi connectivity index (χ1n) is 6.42. The average Bonchev–Trinajstić information content (AvgIpc) is 2.49. The fourth-order valence-corrected chi connectivity index (χ4v) is 1.67. The molecule has 0 bridgehead atoms. The Balaban J connectivity index is 1.89. The average molecular weight is 314 g/mol. The van der Waals surface area contributed by atoms with Gasteiger partial charge in [-0.05, 0) is 29.9 Å². The molecule has 7 heteroatoms. The number of carbonyl (C=O) groups excluding carboxylic acids is 1. The van der Waals surface area contributed by atoms with Crippen molar-refractivity contribution in [3.05, 3.63) is 59.9 Å². The van der Waals surface area contributed by atoms with Crippen LogP contribution in [0.1, 0.15) is 11.3 Å². The fourth-order valence-electron chi connectivity index (χ4n) is 1.62. The predicted octanol–water partition coefficient (Wildman–Crippen LogP) is 1.40. The molecule has 0 aliphatic carbocycles. The van der Waals surface area contributed by atoms with E-state index in [4.69, 9.17) is 10.5 Å². The van der Waals surface area contributed by atoms with Crippen molar-refractivity contribution in [2.45, 2.75) is 6.42 Å². The largest absolute Gasteiger partial charge is 0.425 e. The zero-order valence-corrected chi connectivity index (χ0v) is 12.4. The van der Waals surface area contributed by atoms with Crippen LogP contribution in [-0.2, 0) is 11.2 Å². The second kappa shape index (κ2) is 7.84. The Morgan fingerprint density at radius 3 is 2.73 bits per heavy atom. The van der Waals surface area contributed by atoms with E-state index < -0.39 is 0 Å². The number of benzene rings is 1. The molecule has 3 N–H and O–H groups in total. The fraction of sp³-hybridized carbons (Fsp3) is 0.0667. The van der Waals surface area contributed by atoms with Gasteiger partial charge in [0.25, 0.3) is 0 Å². The summed E-state index contributed by atoms with van der Waals surface area (Å²) in [4.78, 5) is 15.9. The van der Waals surface area contributed by atoms with Crippen LogP contribution in [0.3, 0.4) is 0 Å². The lowest BCUT2D eigenvalue weighted by Crippen LogP contribution is -2.24. The summed E-state index contributed by atoms with van der Waals surface area (Å²) in [6, 6.07) is 12.7. The summed E-state index contributed by atoms with van der Waals surface area (Å²) in [5.41, 5.74) is 9.12. The van der Waals surface area contributed by atoms with E-state index in [1.165, 1.54) is 12.4 Å². The Kier molecular flexibility index (Phi) is 5.56. The van der Waals surface area contributed by atoms with Crippen LogP contribution in [0, 0.1) is 0 Å². The molecule has 0 aliphatic rings. The van der Waals surface area contributed by atoms with Crippen LogP contribution >= 0.6 is 12.2 Å². The van der Waals surface area contributed by atoms with Gasteiger partial charge in [-0.25, -0.2) is 0 Å². The van der Waals surface area contributed by atoms with E-state index in [9.17, 15) is 4.79 Å². The molecule has 6 nitrogen and oxygen atoms in total. The summed E-state index contributed by atoms with van der Waals surface area (Å²) in [5.74, 6) is 0.0324. The van der Waals surface area contributed by atoms with Crippen LogP contribution in [0.5, 0.6) is 5.75 Å². The highest BCUT2D eigenvalue weighted by molar-refractivity contribution is 7.80. The number of hydrogen-bond donors (Lipinski definition) is 2. The monoisotopic (exact) mass is 314 g/mol. The molecular formula is C15H14N4O2S. The second-order valence-electron chi connectivity index (χ2n) is 4.29. The molecule has 0 spiro atoms. The minimum Gasteiger partial charge on any atom is -0.425 e. The van der Waals surface area contributed by atoms with Gasteiger partial charge in [0.1, 0.15) is 5.75 Å². The number of nitrogens with one attached hydrogen (secondary N) is 1. The van der Waals surface area contributed by atoms with Crippen molar-refractivity contribution < 1.29 is 9.53 Å². The van der Waals surface area contributed by atoms with Crippen molar-refractivity contribution >= 4 is 29.5 Å². The summed E-state index contributed by atoms with van der Waals surface area (Å²) in [6.45, 7) is 0. The van der Waals surface area contributed by atoms with Gasteiger partial charge in [-0.3, -0.25) is 15.2 Å². The lowest BCUT2D eigenvalue weighted by Gasteiger charge is -2.04. The van der Waals surface area contributed by atoms with Gasteiger partial charge in [0.15, 0.2) is 5.11 Å². The van der Waals surface area contributed by atoms with E-state index in [1.54, 1.807) is 12.1 Å². The maximum atomic E-state index is 11.8. The number of pyridine rings is 1. The van der Waals surface area contributed by atoms with Gasteiger partial charge < -0.3 is 10.5 Å². The van der Waals surface area contributed by atoms with Gasteiger partial charge >= 0.3 is 5.97 Å². The number of ether oxygens (including phenoxy) is 1. The van der Waals surface area contributed by atoms with Crippen molar-refractivity contribution in [2.75, 3.05) is 0 Å².